The zero-order chi connectivity index (χ0) is 11.6. The van der Waals surface area contributed by atoms with Crippen molar-refractivity contribution in [2.75, 3.05) is 0 Å². The summed E-state index contributed by atoms with van der Waals surface area (Å²) in [5, 5.41) is 18.4. The summed E-state index contributed by atoms with van der Waals surface area (Å²) in [6.07, 6.45) is -7.29. The predicted molar refractivity (Wildman–Crippen MR) is 48.1 cm³/mol. The first-order chi connectivity index (χ1) is 6.84. The van der Waals surface area contributed by atoms with Gasteiger partial charge in [0.1, 0.15) is 6.10 Å². The molecule has 0 fully saturated rings. The molecule has 2 unspecified atom stereocenters. The topological polar surface area (TPSA) is 40.5 Å². The molecule has 2 atom stereocenters. The van der Waals surface area contributed by atoms with Crippen molar-refractivity contribution >= 4 is 0 Å². The Labute approximate surface area is 85.0 Å². The molecule has 0 saturated heterocycles. The first kappa shape index (κ1) is 12.0. The Kier molecular flexibility index (Phi) is 3.36. The molecule has 1 aromatic carbocycles. The molecule has 0 radical (unpaired) electrons. The first-order valence-electron chi connectivity index (χ1n) is 4.36. The molecule has 2 nitrogen and oxygen atoms in total. The van der Waals surface area contributed by atoms with E-state index in [2.05, 4.69) is 0 Å². The minimum absolute atomic E-state index is 0.306. The Morgan fingerprint density at radius 1 is 1.13 bits per heavy atom. The van der Waals surface area contributed by atoms with Gasteiger partial charge in [0.2, 0.25) is 0 Å². The van der Waals surface area contributed by atoms with Gasteiger partial charge in [0.25, 0.3) is 0 Å². The van der Waals surface area contributed by atoms with Crippen LogP contribution in [-0.2, 0) is 6.18 Å². The van der Waals surface area contributed by atoms with Gasteiger partial charge in [0.15, 0.2) is 0 Å². The summed E-state index contributed by atoms with van der Waals surface area (Å²) < 4.78 is 37.4. The summed E-state index contributed by atoms with van der Waals surface area (Å²) in [5.74, 6) is 0. The molecular weight excluding hydrogens is 209 g/mol. The molecule has 2 N–H and O–H groups in total. The average molecular weight is 220 g/mol. The third-order valence-electron chi connectivity index (χ3n) is 2.04. The van der Waals surface area contributed by atoms with Crippen LogP contribution in [0.1, 0.15) is 24.2 Å². The maximum Gasteiger partial charge on any atom is 0.416 e. The van der Waals surface area contributed by atoms with Crippen LogP contribution in [0.2, 0.25) is 0 Å². The standard InChI is InChI=1S/C10H11F3O2/c1-6(14)9(15)7-4-2-3-5-8(7)10(11,12)13/h2-6,9,14-15H,1H3. The number of benzene rings is 1. The number of hydrogen-bond acceptors (Lipinski definition) is 2. The lowest BCUT2D eigenvalue weighted by Crippen LogP contribution is -2.19. The largest absolute Gasteiger partial charge is 0.416 e. The molecule has 0 bridgehead atoms. The highest BCUT2D eigenvalue weighted by atomic mass is 19.4. The molecule has 0 amide bonds. The summed E-state index contributed by atoms with van der Waals surface area (Å²) >= 11 is 0. The first-order valence-corrected chi connectivity index (χ1v) is 4.36. The van der Waals surface area contributed by atoms with Crippen molar-refractivity contribution in [3.8, 4) is 0 Å². The Morgan fingerprint density at radius 2 is 1.67 bits per heavy atom. The monoisotopic (exact) mass is 220 g/mol. The van der Waals surface area contributed by atoms with E-state index in [4.69, 9.17) is 5.11 Å². The second-order valence-electron chi connectivity index (χ2n) is 3.27. The van der Waals surface area contributed by atoms with Crippen LogP contribution in [0.5, 0.6) is 0 Å². The maximum atomic E-state index is 12.5. The van der Waals surface area contributed by atoms with E-state index in [-0.39, 0.29) is 5.56 Å². The quantitative estimate of drug-likeness (QED) is 0.801. The Bertz CT molecular complexity index is 334. The minimum atomic E-state index is -4.52. The molecule has 0 aliphatic heterocycles. The van der Waals surface area contributed by atoms with Gasteiger partial charge in [0.05, 0.1) is 11.7 Å². The van der Waals surface area contributed by atoms with E-state index in [1.165, 1.54) is 19.1 Å². The highest BCUT2D eigenvalue weighted by Gasteiger charge is 2.35. The van der Waals surface area contributed by atoms with Gasteiger partial charge in [-0.2, -0.15) is 13.2 Å². The molecule has 0 aromatic heterocycles. The van der Waals surface area contributed by atoms with E-state index in [0.29, 0.717) is 0 Å². The molecule has 0 heterocycles. The predicted octanol–water partition coefficient (Wildman–Crippen LogP) is 2.12. The van der Waals surface area contributed by atoms with E-state index in [9.17, 15) is 18.3 Å². The highest BCUT2D eigenvalue weighted by molar-refractivity contribution is 5.31. The third kappa shape index (κ3) is 2.70. The lowest BCUT2D eigenvalue weighted by Gasteiger charge is -2.19. The second kappa shape index (κ2) is 4.20. The van der Waals surface area contributed by atoms with Crippen LogP contribution in [0.15, 0.2) is 24.3 Å². The van der Waals surface area contributed by atoms with Gasteiger partial charge in [-0.1, -0.05) is 18.2 Å². The summed E-state index contributed by atoms with van der Waals surface area (Å²) in [6.45, 7) is 1.23. The SMILES string of the molecule is CC(O)C(O)c1ccccc1C(F)(F)F. The van der Waals surface area contributed by atoms with Gasteiger partial charge in [-0.05, 0) is 18.6 Å². The molecule has 1 aromatic rings. The summed E-state index contributed by atoms with van der Waals surface area (Å²) in [6, 6.07) is 4.65. The molecule has 15 heavy (non-hydrogen) atoms. The van der Waals surface area contributed by atoms with Crippen LogP contribution in [0.3, 0.4) is 0 Å². The fraction of sp³-hybridized carbons (Fsp3) is 0.400. The van der Waals surface area contributed by atoms with Crippen LogP contribution in [0.25, 0.3) is 0 Å². The van der Waals surface area contributed by atoms with Crippen molar-refractivity contribution in [3.05, 3.63) is 35.4 Å². The fourth-order valence-corrected chi connectivity index (χ4v) is 1.27. The summed E-state index contributed by atoms with van der Waals surface area (Å²) in [4.78, 5) is 0. The lowest BCUT2D eigenvalue weighted by molar-refractivity contribution is -0.139. The number of alkyl halides is 3. The number of aliphatic hydroxyl groups is 2. The van der Waals surface area contributed by atoms with E-state index in [1.54, 1.807) is 0 Å². The molecule has 5 heteroatoms. The number of hydrogen-bond donors (Lipinski definition) is 2. The normalized spacial score (nSPS) is 16.1. The van der Waals surface area contributed by atoms with Crippen molar-refractivity contribution in [1.29, 1.82) is 0 Å². The smallest absolute Gasteiger partial charge is 0.390 e. The lowest BCUT2D eigenvalue weighted by atomic mass is 9.99. The molecule has 0 spiro atoms. The van der Waals surface area contributed by atoms with E-state index >= 15 is 0 Å². The van der Waals surface area contributed by atoms with Gasteiger partial charge in [-0.15, -0.1) is 0 Å². The van der Waals surface area contributed by atoms with Crippen LogP contribution in [0.4, 0.5) is 13.2 Å². The third-order valence-corrected chi connectivity index (χ3v) is 2.04. The Balaban J connectivity index is 3.18. The molecule has 0 saturated carbocycles. The van der Waals surface area contributed by atoms with Gasteiger partial charge in [-0.25, -0.2) is 0 Å². The maximum absolute atomic E-state index is 12.5. The van der Waals surface area contributed by atoms with Crippen molar-refractivity contribution < 1.29 is 23.4 Å². The molecular formula is C10H11F3O2. The van der Waals surface area contributed by atoms with E-state index in [1.807, 2.05) is 0 Å². The average Bonchev–Trinajstić information content (AvgIpc) is 2.15. The van der Waals surface area contributed by atoms with Gasteiger partial charge in [-0.3, -0.25) is 0 Å². The van der Waals surface area contributed by atoms with Gasteiger partial charge >= 0.3 is 6.18 Å². The van der Waals surface area contributed by atoms with Crippen molar-refractivity contribution in [2.45, 2.75) is 25.3 Å². The fourth-order valence-electron chi connectivity index (χ4n) is 1.27. The van der Waals surface area contributed by atoms with Crippen LogP contribution in [-0.4, -0.2) is 16.3 Å². The molecule has 84 valence electrons. The van der Waals surface area contributed by atoms with E-state index in [0.717, 1.165) is 12.1 Å². The zero-order valence-electron chi connectivity index (χ0n) is 7.99. The van der Waals surface area contributed by atoms with Crippen LogP contribution < -0.4 is 0 Å². The molecule has 1 rings (SSSR count). The van der Waals surface area contributed by atoms with Crippen LogP contribution in [0, 0.1) is 0 Å². The zero-order valence-corrected chi connectivity index (χ0v) is 7.99. The molecule has 0 aliphatic carbocycles. The van der Waals surface area contributed by atoms with E-state index < -0.39 is 23.9 Å². The number of halogens is 3. The second-order valence-corrected chi connectivity index (χ2v) is 3.27. The summed E-state index contributed by atoms with van der Waals surface area (Å²) in [5.41, 5.74) is -1.22. The van der Waals surface area contributed by atoms with Gasteiger partial charge in [0, 0.05) is 0 Å². The highest BCUT2D eigenvalue weighted by Crippen LogP contribution is 2.35. The minimum Gasteiger partial charge on any atom is -0.390 e. The van der Waals surface area contributed by atoms with Gasteiger partial charge < -0.3 is 10.2 Å². The number of rotatable bonds is 2. The van der Waals surface area contributed by atoms with Crippen molar-refractivity contribution in [2.24, 2.45) is 0 Å². The Morgan fingerprint density at radius 3 is 2.13 bits per heavy atom. The molecule has 0 aliphatic rings. The summed E-state index contributed by atoms with van der Waals surface area (Å²) in [7, 11) is 0. The van der Waals surface area contributed by atoms with Crippen molar-refractivity contribution in [3.63, 3.8) is 0 Å². The van der Waals surface area contributed by atoms with Crippen LogP contribution >= 0.6 is 0 Å². The Hall–Kier alpha value is -1.07. The van der Waals surface area contributed by atoms with Crippen molar-refractivity contribution in [1.82, 2.24) is 0 Å². The number of aliphatic hydroxyl groups excluding tert-OH is 2.